The molecule has 2 N–H and O–H groups in total. The topological polar surface area (TPSA) is 70.3 Å². The van der Waals surface area contributed by atoms with Crippen molar-refractivity contribution in [2.45, 2.75) is 0 Å². The van der Waals surface area contributed by atoms with Gasteiger partial charge >= 0.3 is 0 Å². The van der Waals surface area contributed by atoms with Crippen molar-refractivity contribution in [3.8, 4) is 17.4 Å². The number of fused-ring (bicyclic) bond motifs is 1. The average Bonchev–Trinajstić information content (AvgIpc) is 2.48. The summed E-state index contributed by atoms with van der Waals surface area (Å²) in [6, 6.07) is 12.9. The van der Waals surface area contributed by atoms with Crippen LogP contribution < -0.4 is 15.2 Å². The number of nitrogens with two attached hydrogens (primary N) is 1. The van der Waals surface area contributed by atoms with Crippen LogP contribution >= 0.6 is 0 Å². The third kappa shape index (κ3) is 2.21. The molecule has 5 nitrogen and oxygen atoms in total. The van der Waals surface area contributed by atoms with Gasteiger partial charge in [-0.25, -0.2) is 0 Å². The molecule has 0 saturated carbocycles. The maximum atomic E-state index is 5.82. The number of anilines is 1. The number of rotatable bonds is 3. The Morgan fingerprint density at radius 2 is 1.90 bits per heavy atom. The summed E-state index contributed by atoms with van der Waals surface area (Å²) in [4.78, 5) is 0. The lowest BCUT2D eigenvalue weighted by molar-refractivity contribution is 0.374. The van der Waals surface area contributed by atoms with Gasteiger partial charge in [-0.2, -0.15) is 5.10 Å². The Labute approximate surface area is 116 Å². The minimum absolute atomic E-state index is 0.423. The van der Waals surface area contributed by atoms with Crippen LogP contribution in [0.15, 0.2) is 48.7 Å². The molecule has 2 aromatic carbocycles. The molecule has 0 saturated heterocycles. The van der Waals surface area contributed by atoms with Gasteiger partial charge in [0.2, 0.25) is 5.88 Å². The second-order valence-electron chi connectivity index (χ2n) is 4.25. The van der Waals surface area contributed by atoms with Crippen LogP contribution in [0.25, 0.3) is 10.8 Å². The fourth-order valence-electron chi connectivity index (χ4n) is 1.95. The molecule has 1 heterocycles. The molecular weight excluding hydrogens is 254 g/mol. The van der Waals surface area contributed by atoms with E-state index in [1.165, 1.54) is 0 Å². The number of nitrogen functional groups attached to an aromatic ring is 1. The molecule has 0 amide bonds. The van der Waals surface area contributed by atoms with Crippen LogP contribution in [0, 0.1) is 0 Å². The van der Waals surface area contributed by atoms with E-state index in [9.17, 15) is 0 Å². The minimum Gasteiger partial charge on any atom is -0.493 e. The SMILES string of the molecule is COc1ccc(N)cc1Oc1nncc2ccccc12. The summed E-state index contributed by atoms with van der Waals surface area (Å²) >= 11 is 0. The van der Waals surface area contributed by atoms with Gasteiger partial charge in [0.15, 0.2) is 11.5 Å². The summed E-state index contributed by atoms with van der Waals surface area (Å²) in [6.07, 6.45) is 1.69. The predicted molar refractivity (Wildman–Crippen MR) is 77.0 cm³/mol. The van der Waals surface area contributed by atoms with E-state index in [4.69, 9.17) is 15.2 Å². The Morgan fingerprint density at radius 1 is 1.05 bits per heavy atom. The lowest BCUT2D eigenvalue weighted by atomic mass is 10.2. The molecule has 1 aromatic heterocycles. The molecule has 0 spiro atoms. The smallest absolute Gasteiger partial charge is 0.246 e. The van der Waals surface area contributed by atoms with Gasteiger partial charge in [-0.3, -0.25) is 0 Å². The van der Waals surface area contributed by atoms with Crippen molar-refractivity contribution in [2.24, 2.45) is 0 Å². The van der Waals surface area contributed by atoms with Crippen molar-refractivity contribution in [3.63, 3.8) is 0 Å². The molecule has 5 heteroatoms. The van der Waals surface area contributed by atoms with Crippen LogP contribution in [-0.4, -0.2) is 17.3 Å². The Morgan fingerprint density at radius 3 is 2.75 bits per heavy atom. The molecule has 0 aliphatic carbocycles. The van der Waals surface area contributed by atoms with Crippen LogP contribution in [0.4, 0.5) is 5.69 Å². The third-order valence-electron chi connectivity index (χ3n) is 2.93. The molecule has 3 aromatic rings. The predicted octanol–water partition coefficient (Wildman–Crippen LogP) is 3.01. The number of hydrogen-bond donors (Lipinski definition) is 1. The highest BCUT2D eigenvalue weighted by molar-refractivity contribution is 5.86. The summed E-state index contributed by atoms with van der Waals surface area (Å²) in [7, 11) is 1.58. The Hall–Kier alpha value is -2.82. The summed E-state index contributed by atoms with van der Waals surface area (Å²) < 4.78 is 11.1. The molecule has 0 fully saturated rings. The number of methoxy groups -OCH3 is 1. The first-order chi connectivity index (χ1) is 9.78. The first-order valence-electron chi connectivity index (χ1n) is 6.10. The van der Waals surface area contributed by atoms with Gasteiger partial charge in [0, 0.05) is 22.5 Å². The number of nitrogens with zero attached hydrogens (tertiary/aromatic N) is 2. The molecule has 20 heavy (non-hydrogen) atoms. The molecular formula is C15H13N3O2. The molecule has 0 aliphatic rings. The first kappa shape index (κ1) is 12.2. The van der Waals surface area contributed by atoms with Crippen molar-refractivity contribution < 1.29 is 9.47 Å². The molecule has 3 rings (SSSR count). The summed E-state index contributed by atoms with van der Waals surface area (Å²) in [5.41, 5.74) is 6.37. The normalized spacial score (nSPS) is 10.4. The van der Waals surface area contributed by atoms with Gasteiger partial charge in [0.1, 0.15) is 0 Å². The van der Waals surface area contributed by atoms with Gasteiger partial charge in [0.25, 0.3) is 0 Å². The van der Waals surface area contributed by atoms with E-state index < -0.39 is 0 Å². The maximum Gasteiger partial charge on any atom is 0.246 e. The quantitative estimate of drug-likeness (QED) is 0.739. The first-order valence-corrected chi connectivity index (χ1v) is 6.10. The Balaban J connectivity index is 2.07. The van der Waals surface area contributed by atoms with E-state index in [-0.39, 0.29) is 0 Å². The van der Waals surface area contributed by atoms with E-state index in [1.54, 1.807) is 31.5 Å². The number of ether oxygens (including phenoxy) is 2. The highest BCUT2D eigenvalue weighted by Crippen LogP contribution is 2.34. The van der Waals surface area contributed by atoms with Crippen LogP contribution in [-0.2, 0) is 0 Å². The second kappa shape index (κ2) is 5.05. The van der Waals surface area contributed by atoms with Crippen LogP contribution in [0.1, 0.15) is 0 Å². The van der Waals surface area contributed by atoms with E-state index in [0.29, 0.717) is 23.1 Å². The lowest BCUT2D eigenvalue weighted by Gasteiger charge is -2.11. The Kier molecular flexibility index (Phi) is 3.09. The second-order valence-corrected chi connectivity index (χ2v) is 4.25. The van der Waals surface area contributed by atoms with Crippen LogP contribution in [0.5, 0.6) is 17.4 Å². The molecule has 100 valence electrons. The van der Waals surface area contributed by atoms with Crippen molar-refractivity contribution in [3.05, 3.63) is 48.7 Å². The van der Waals surface area contributed by atoms with Crippen molar-refractivity contribution in [1.82, 2.24) is 10.2 Å². The minimum atomic E-state index is 0.423. The highest BCUT2D eigenvalue weighted by atomic mass is 16.5. The summed E-state index contributed by atoms with van der Waals surface area (Å²) in [5, 5.41) is 9.82. The van der Waals surface area contributed by atoms with Gasteiger partial charge in [-0.1, -0.05) is 18.2 Å². The van der Waals surface area contributed by atoms with Crippen LogP contribution in [0.3, 0.4) is 0 Å². The van der Waals surface area contributed by atoms with Gasteiger partial charge in [0.05, 0.1) is 13.3 Å². The molecule has 0 atom stereocenters. The van der Waals surface area contributed by atoms with E-state index in [0.717, 1.165) is 10.8 Å². The van der Waals surface area contributed by atoms with Gasteiger partial charge in [-0.15, -0.1) is 5.10 Å². The van der Waals surface area contributed by atoms with Crippen molar-refractivity contribution in [2.75, 3.05) is 12.8 Å². The van der Waals surface area contributed by atoms with Crippen molar-refractivity contribution in [1.29, 1.82) is 0 Å². The van der Waals surface area contributed by atoms with Gasteiger partial charge in [-0.05, 0) is 18.2 Å². The maximum absolute atomic E-state index is 5.82. The zero-order valence-corrected chi connectivity index (χ0v) is 10.9. The van der Waals surface area contributed by atoms with Gasteiger partial charge < -0.3 is 15.2 Å². The third-order valence-corrected chi connectivity index (χ3v) is 2.93. The lowest BCUT2D eigenvalue weighted by Crippen LogP contribution is -1.96. The number of hydrogen-bond acceptors (Lipinski definition) is 5. The highest BCUT2D eigenvalue weighted by Gasteiger charge is 2.10. The Bertz CT molecular complexity index is 754. The summed E-state index contributed by atoms with van der Waals surface area (Å²) in [6.45, 7) is 0. The fourth-order valence-corrected chi connectivity index (χ4v) is 1.95. The number of benzene rings is 2. The fraction of sp³-hybridized carbons (Fsp3) is 0.0667. The molecule has 0 bridgehead atoms. The number of aromatic nitrogens is 2. The van der Waals surface area contributed by atoms with Crippen LogP contribution in [0.2, 0.25) is 0 Å². The monoisotopic (exact) mass is 267 g/mol. The van der Waals surface area contributed by atoms with Crippen molar-refractivity contribution >= 4 is 16.5 Å². The molecule has 0 radical (unpaired) electrons. The standard InChI is InChI=1S/C15H13N3O2/c1-19-13-7-6-11(16)8-14(13)20-15-12-5-3-2-4-10(12)9-17-18-15/h2-9H,16H2,1H3. The average molecular weight is 267 g/mol. The molecule has 0 unspecified atom stereocenters. The molecule has 0 aliphatic heterocycles. The zero-order valence-electron chi connectivity index (χ0n) is 10.9. The largest absolute Gasteiger partial charge is 0.493 e. The van der Waals surface area contributed by atoms with E-state index in [1.807, 2.05) is 24.3 Å². The van der Waals surface area contributed by atoms with E-state index >= 15 is 0 Å². The zero-order chi connectivity index (χ0) is 13.9. The van der Waals surface area contributed by atoms with E-state index in [2.05, 4.69) is 10.2 Å². The summed E-state index contributed by atoms with van der Waals surface area (Å²) in [5.74, 6) is 1.53.